The molecule has 1 atom stereocenters. The van der Waals surface area contributed by atoms with Crippen LogP contribution in [0.25, 0.3) is 10.9 Å². The minimum atomic E-state index is -1.29. The normalized spacial score (nSPS) is 12.6. The van der Waals surface area contributed by atoms with E-state index >= 15 is 0 Å². The van der Waals surface area contributed by atoms with Gasteiger partial charge in [0.1, 0.15) is 5.54 Å². The van der Waals surface area contributed by atoms with Crippen molar-refractivity contribution in [1.29, 1.82) is 0 Å². The fourth-order valence-electron chi connectivity index (χ4n) is 3.12. The number of carbonyl (C=O) groups excluding carboxylic acids is 1. The van der Waals surface area contributed by atoms with Crippen LogP contribution in [-0.2, 0) is 17.6 Å². The quantitative estimate of drug-likeness (QED) is 0.487. The van der Waals surface area contributed by atoms with Crippen LogP contribution in [0.2, 0.25) is 0 Å². The van der Waals surface area contributed by atoms with Crippen LogP contribution in [0, 0.1) is 0 Å². The number of amides is 2. The highest BCUT2D eigenvalue weighted by molar-refractivity contribution is 5.91. The standard InChI is InChI=1S/C20H22N4O3.ClH/c1-20(24-19(26)27,12-14-13-23-17-8-3-2-7-16(14)17)18(25)22-11-9-15-6-4-5-10-21-15;/h2-8,10,13,23-24H,9,11-12H2,1H3,(H,22,25)(H,26,27);1H. The number of pyridine rings is 1. The molecule has 0 aliphatic heterocycles. The Bertz CT molecular complexity index is 945. The lowest BCUT2D eigenvalue weighted by Crippen LogP contribution is -2.58. The Kier molecular flexibility index (Phi) is 7.00. The average molecular weight is 403 g/mol. The first-order valence-electron chi connectivity index (χ1n) is 8.72. The monoisotopic (exact) mass is 402 g/mol. The van der Waals surface area contributed by atoms with E-state index in [0.29, 0.717) is 13.0 Å². The molecule has 3 rings (SSSR count). The molecule has 0 aliphatic rings. The molecule has 0 saturated carbocycles. The van der Waals surface area contributed by atoms with Gasteiger partial charge in [0, 0.05) is 48.4 Å². The van der Waals surface area contributed by atoms with Gasteiger partial charge in [0.05, 0.1) is 0 Å². The fourth-order valence-corrected chi connectivity index (χ4v) is 3.12. The van der Waals surface area contributed by atoms with Crippen molar-refractivity contribution >= 4 is 35.3 Å². The molecule has 2 heterocycles. The maximum Gasteiger partial charge on any atom is 0.405 e. The predicted octanol–water partition coefficient (Wildman–Crippen LogP) is 2.91. The van der Waals surface area contributed by atoms with Gasteiger partial charge < -0.3 is 20.7 Å². The molecule has 2 amide bonds. The Balaban J connectivity index is 0.00000280. The van der Waals surface area contributed by atoms with E-state index < -0.39 is 11.6 Å². The summed E-state index contributed by atoms with van der Waals surface area (Å²) in [6.07, 6.45) is 3.08. The SMILES string of the molecule is CC(Cc1c[nH]c2ccccc12)(NC(=O)O)C(=O)NCCc1ccccn1.Cl. The van der Waals surface area contributed by atoms with E-state index in [0.717, 1.165) is 22.2 Å². The number of nitrogens with zero attached hydrogens (tertiary/aromatic N) is 1. The van der Waals surface area contributed by atoms with Gasteiger partial charge in [-0.05, 0) is 30.7 Å². The van der Waals surface area contributed by atoms with E-state index in [4.69, 9.17) is 0 Å². The lowest BCUT2D eigenvalue weighted by atomic mass is 9.91. The number of rotatable bonds is 7. The summed E-state index contributed by atoms with van der Waals surface area (Å²) in [5.41, 5.74) is 1.39. The first-order chi connectivity index (χ1) is 13.0. The number of hydrogen-bond acceptors (Lipinski definition) is 3. The van der Waals surface area contributed by atoms with E-state index in [9.17, 15) is 14.7 Å². The number of fused-ring (bicyclic) bond motifs is 1. The molecule has 1 aromatic carbocycles. The van der Waals surface area contributed by atoms with Crippen LogP contribution in [0.3, 0.4) is 0 Å². The number of halogens is 1. The molecule has 148 valence electrons. The lowest BCUT2D eigenvalue weighted by Gasteiger charge is -2.28. The number of H-pyrrole nitrogens is 1. The molecule has 7 nitrogen and oxygen atoms in total. The third-order valence-corrected chi connectivity index (χ3v) is 4.50. The maximum atomic E-state index is 12.8. The van der Waals surface area contributed by atoms with E-state index in [1.165, 1.54) is 0 Å². The van der Waals surface area contributed by atoms with Crippen molar-refractivity contribution in [2.24, 2.45) is 0 Å². The van der Waals surface area contributed by atoms with Gasteiger partial charge in [0.25, 0.3) is 0 Å². The Hall–Kier alpha value is -3.06. The van der Waals surface area contributed by atoms with Crippen LogP contribution >= 0.6 is 12.4 Å². The molecule has 1 unspecified atom stereocenters. The second-order valence-electron chi connectivity index (χ2n) is 6.63. The number of para-hydroxylation sites is 1. The molecule has 28 heavy (non-hydrogen) atoms. The van der Waals surface area contributed by atoms with Gasteiger partial charge in [-0.3, -0.25) is 9.78 Å². The maximum absolute atomic E-state index is 12.8. The van der Waals surface area contributed by atoms with Crippen LogP contribution in [0.15, 0.2) is 54.9 Å². The van der Waals surface area contributed by atoms with Crippen molar-refractivity contribution in [3.63, 3.8) is 0 Å². The largest absolute Gasteiger partial charge is 0.465 e. The molecule has 0 saturated heterocycles. The molecular formula is C20H23ClN4O3. The number of carbonyl (C=O) groups is 2. The first kappa shape index (κ1) is 21.2. The number of aromatic amines is 1. The summed E-state index contributed by atoms with van der Waals surface area (Å²) in [4.78, 5) is 31.5. The summed E-state index contributed by atoms with van der Waals surface area (Å²) in [5.74, 6) is -0.369. The second-order valence-corrected chi connectivity index (χ2v) is 6.63. The topological polar surface area (TPSA) is 107 Å². The molecule has 0 spiro atoms. The van der Waals surface area contributed by atoms with E-state index in [-0.39, 0.29) is 24.7 Å². The smallest absolute Gasteiger partial charge is 0.405 e. The Morgan fingerprint density at radius 1 is 1.18 bits per heavy atom. The fraction of sp³-hybridized carbons (Fsp3) is 0.250. The number of aromatic nitrogens is 2. The Morgan fingerprint density at radius 3 is 2.64 bits per heavy atom. The highest BCUT2D eigenvalue weighted by Crippen LogP contribution is 2.23. The van der Waals surface area contributed by atoms with Crippen LogP contribution in [0.1, 0.15) is 18.2 Å². The van der Waals surface area contributed by atoms with Gasteiger partial charge in [0.15, 0.2) is 0 Å². The van der Waals surface area contributed by atoms with Crippen molar-refractivity contribution in [2.45, 2.75) is 25.3 Å². The highest BCUT2D eigenvalue weighted by atomic mass is 35.5. The van der Waals surface area contributed by atoms with Crippen LogP contribution < -0.4 is 10.6 Å². The van der Waals surface area contributed by atoms with E-state index in [2.05, 4.69) is 20.6 Å². The number of carboxylic acid groups (broad SMARTS) is 1. The zero-order chi connectivity index (χ0) is 19.3. The third kappa shape index (κ3) is 5.01. The average Bonchev–Trinajstić information content (AvgIpc) is 3.04. The first-order valence-corrected chi connectivity index (χ1v) is 8.72. The van der Waals surface area contributed by atoms with Gasteiger partial charge in [-0.1, -0.05) is 24.3 Å². The van der Waals surface area contributed by atoms with Gasteiger partial charge in [-0.2, -0.15) is 0 Å². The number of hydrogen-bond donors (Lipinski definition) is 4. The molecule has 8 heteroatoms. The number of benzene rings is 1. The molecule has 0 aliphatic carbocycles. The third-order valence-electron chi connectivity index (χ3n) is 4.50. The summed E-state index contributed by atoms with van der Waals surface area (Å²) in [5, 5.41) is 15.4. The summed E-state index contributed by atoms with van der Waals surface area (Å²) >= 11 is 0. The predicted molar refractivity (Wildman–Crippen MR) is 110 cm³/mol. The summed E-state index contributed by atoms with van der Waals surface area (Å²) < 4.78 is 0. The summed E-state index contributed by atoms with van der Waals surface area (Å²) in [6, 6.07) is 13.3. The van der Waals surface area contributed by atoms with Crippen molar-refractivity contribution < 1.29 is 14.7 Å². The molecular weight excluding hydrogens is 380 g/mol. The number of nitrogens with one attached hydrogen (secondary N) is 3. The minimum Gasteiger partial charge on any atom is -0.465 e. The van der Waals surface area contributed by atoms with Gasteiger partial charge >= 0.3 is 6.09 Å². The van der Waals surface area contributed by atoms with Gasteiger partial charge in [0.2, 0.25) is 5.91 Å². The van der Waals surface area contributed by atoms with Gasteiger partial charge in [-0.25, -0.2) is 4.79 Å². The molecule has 2 aromatic heterocycles. The van der Waals surface area contributed by atoms with Crippen molar-refractivity contribution in [2.75, 3.05) is 6.54 Å². The van der Waals surface area contributed by atoms with Crippen molar-refractivity contribution in [3.8, 4) is 0 Å². The van der Waals surface area contributed by atoms with Gasteiger partial charge in [-0.15, -0.1) is 12.4 Å². The van der Waals surface area contributed by atoms with Crippen molar-refractivity contribution in [3.05, 3.63) is 66.1 Å². The molecule has 0 bridgehead atoms. The highest BCUT2D eigenvalue weighted by Gasteiger charge is 2.35. The zero-order valence-corrected chi connectivity index (χ0v) is 16.3. The van der Waals surface area contributed by atoms with Crippen LogP contribution in [0.4, 0.5) is 4.79 Å². The second kappa shape index (κ2) is 9.23. The molecule has 3 aromatic rings. The van der Waals surface area contributed by atoms with Crippen LogP contribution in [0.5, 0.6) is 0 Å². The van der Waals surface area contributed by atoms with Crippen LogP contribution in [-0.4, -0.2) is 39.2 Å². The van der Waals surface area contributed by atoms with E-state index in [1.54, 1.807) is 13.1 Å². The summed E-state index contributed by atoms with van der Waals surface area (Å²) in [6.45, 7) is 1.97. The minimum absolute atomic E-state index is 0. The summed E-state index contributed by atoms with van der Waals surface area (Å²) in [7, 11) is 0. The molecule has 4 N–H and O–H groups in total. The Labute approximate surface area is 169 Å². The lowest BCUT2D eigenvalue weighted by molar-refractivity contribution is -0.126. The zero-order valence-electron chi connectivity index (χ0n) is 15.4. The van der Waals surface area contributed by atoms with Crippen molar-refractivity contribution in [1.82, 2.24) is 20.6 Å². The molecule has 0 fully saturated rings. The van der Waals surface area contributed by atoms with E-state index in [1.807, 2.05) is 48.7 Å². The Morgan fingerprint density at radius 2 is 1.93 bits per heavy atom. The molecule has 0 radical (unpaired) electrons.